The summed E-state index contributed by atoms with van der Waals surface area (Å²) in [6.07, 6.45) is 0. The highest BCUT2D eigenvalue weighted by atomic mass is 15.2. The summed E-state index contributed by atoms with van der Waals surface area (Å²) < 4.78 is 0. The van der Waals surface area contributed by atoms with Gasteiger partial charge >= 0.3 is 0 Å². The van der Waals surface area contributed by atoms with Crippen LogP contribution in [0.25, 0.3) is 77.9 Å². The molecular weight excluding hydrogens is 1010 g/mol. The van der Waals surface area contributed by atoms with Crippen molar-refractivity contribution >= 4 is 34.1 Å². The molecule has 0 saturated carbocycles. The molecule has 0 heterocycles. The molecule has 406 valence electrons. The number of para-hydroxylation sites is 2. The first kappa shape index (κ1) is 52.3. The standard InChI is InChI=1S/C82H68N2/c1-53-23-19-35-67(63-39-43-71-69-33-15-17-37-73(69)81(5,6)75(71)51-63)79(53)83(65-31-21-29-59(49-65)57-25-11-9-12-26-57)77-45-41-61(47-55(77)3)62-42-46-78(56(4)48-62)84(66-32-22-30-60(50-66)58-27-13-10-14-28-58)80-54(2)24-20-36-68(80)64-40-44-72-70-34-16-18-38-74(70)82(7,8)76(72)52-64/h9-52H,1-8H3. The lowest BCUT2D eigenvalue weighted by atomic mass is 9.81. The fourth-order valence-corrected chi connectivity index (χ4v) is 14.0. The third-order valence-corrected chi connectivity index (χ3v) is 18.3. The van der Waals surface area contributed by atoms with Crippen molar-refractivity contribution in [2.75, 3.05) is 9.80 Å². The predicted molar refractivity (Wildman–Crippen MR) is 357 cm³/mol. The molecule has 0 N–H and O–H groups in total. The van der Waals surface area contributed by atoms with Gasteiger partial charge in [0.2, 0.25) is 0 Å². The molecule has 0 bridgehead atoms. The van der Waals surface area contributed by atoms with Gasteiger partial charge in [-0.25, -0.2) is 0 Å². The van der Waals surface area contributed by atoms with Crippen molar-refractivity contribution in [3.63, 3.8) is 0 Å². The van der Waals surface area contributed by atoms with E-state index in [0.29, 0.717) is 0 Å². The van der Waals surface area contributed by atoms with Crippen LogP contribution in [0.2, 0.25) is 0 Å². The highest BCUT2D eigenvalue weighted by Gasteiger charge is 2.37. The quantitative estimate of drug-likeness (QED) is 0.127. The summed E-state index contributed by atoms with van der Waals surface area (Å²) in [7, 11) is 0. The maximum Gasteiger partial charge on any atom is 0.0569 e. The molecule has 2 heteroatoms. The van der Waals surface area contributed by atoms with Gasteiger partial charge in [-0.15, -0.1) is 0 Å². The number of aryl methyl sites for hydroxylation is 4. The lowest BCUT2D eigenvalue weighted by molar-refractivity contribution is 0.660. The average molecular weight is 1080 g/mol. The molecule has 0 aliphatic heterocycles. The van der Waals surface area contributed by atoms with Crippen molar-refractivity contribution in [3.8, 4) is 77.9 Å². The Morgan fingerprint density at radius 3 is 0.976 bits per heavy atom. The topological polar surface area (TPSA) is 6.48 Å². The van der Waals surface area contributed by atoms with E-state index < -0.39 is 0 Å². The van der Waals surface area contributed by atoms with Gasteiger partial charge in [-0.3, -0.25) is 0 Å². The molecular formula is C82H68N2. The summed E-state index contributed by atoms with van der Waals surface area (Å²) in [5, 5.41) is 0. The van der Waals surface area contributed by atoms with Gasteiger partial charge < -0.3 is 9.80 Å². The zero-order chi connectivity index (χ0) is 57.4. The smallest absolute Gasteiger partial charge is 0.0569 e. The van der Waals surface area contributed by atoms with E-state index in [2.05, 4.69) is 332 Å². The van der Waals surface area contributed by atoms with Crippen molar-refractivity contribution < 1.29 is 0 Å². The summed E-state index contributed by atoms with van der Waals surface area (Å²) in [4.78, 5) is 5.03. The van der Waals surface area contributed by atoms with Crippen LogP contribution in [0.3, 0.4) is 0 Å². The van der Waals surface area contributed by atoms with Crippen LogP contribution < -0.4 is 9.80 Å². The van der Waals surface area contributed by atoms with Crippen LogP contribution in [0.4, 0.5) is 34.1 Å². The Bertz CT molecular complexity index is 4250. The molecule has 0 amide bonds. The first-order valence-electron chi connectivity index (χ1n) is 29.7. The minimum Gasteiger partial charge on any atom is -0.309 e. The van der Waals surface area contributed by atoms with Crippen LogP contribution in [-0.4, -0.2) is 0 Å². The second kappa shape index (κ2) is 20.6. The first-order valence-corrected chi connectivity index (χ1v) is 29.7. The number of hydrogen-bond acceptors (Lipinski definition) is 2. The van der Waals surface area contributed by atoms with Crippen molar-refractivity contribution in [1.29, 1.82) is 0 Å². The number of fused-ring (bicyclic) bond motifs is 6. The Hall–Kier alpha value is -9.76. The van der Waals surface area contributed by atoms with E-state index in [1.165, 1.54) is 134 Å². The average Bonchev–Trinajstić information content (AvgIpc) is 3.26. The summed E-state index contributed by atoms with van der Waals surface area (Å²) in [5.41, 5.74) is 34.1. The summed E-state index contributed by atoms with van der Waals surface area (Å²) >= 11 is 0. The molecule has 0 aromatic heterocycles. The van der Waals surface area contributed by atoms with Crippen LogP contribution in [-0.2, 0) is 10.8 Å². The fraction of sp³-hybridized carbons (Fsp3) is 0.122. The normalized spacial score (nSPS) is 13.2. The van der Waals surface area contributed by atoms with Gasteiger partial charge in [-0.1, -0.05) is 234 Å². The Morgan fingerprint density at radius 2 is 0.560 bits per heavy atom. The minimum atomic E-state index is -0.123. The van der Waals surface area contributed by atoms with Gasteiger partial charge in [0.25, 0.3) is 0 Å². The molecule has 0 saturated heterocycles. The van der Waals surface area contributed by atoms with Crippen molar-refractivity contribution in [2.45, 2.75) is 66.2 Å². The highest BCUT2D eigenvalue weighted by Crippen LogP contribution is 2.54. The maximum atomic E-state index is 2.51. The van der Waals surface area contributed by atoms with E-state index in [9.17, 15) is 0 Å². The van der Waals surface area contributed by atoms with E-state index in [1.54, 1.807) is 0 Å². The molecule has 0 atom stereocenters. The molecule has 0 unspecified atom stereocenters. The molecule has 84 heavy (non-hydrogen) atoms. The minimum absolute atomic E-state index is 0.123. The monoisotopic (exact) mass is 1080 g/mol. The molecule has 12 aromatic rings. The number of rotatable bonds is 11. The molecule has 2 aliphatic rings. The largest absolute Gasteiger partial charge is 0.309 e. The first-order chi connectivity index (χ1) is 40.8. The van der Waals surface area contributed by atoms with Crippen LogP contribution in [0, 0.1) is 27.7 Å². The fourth-order valence-electron chi connectivity index (χ4n) is 14.0. The van der Waals surface area contributed by atoms with E-state index in [1.807, 2.05) is 0 Å². The van der Waals surface area contributed by atoms with Crippen molar-refractivity contribution in [2.24, 2.45) is 0 Å². The maximum absolute atomic E-state index is 2.51. The zero-order valence-electron chi connectivity index (χ0n) is 49.3. The number of hydrogen-bond donors (Lipinski definition) is 0. The van der Waals surface area contributed by atoms with E-state index >= 15 is 0 Å². The number of benzene rings is 12. The van der Waals surface area contributed by atoms with Crippen LogP contribution >= 0.6 is 0 Å². The Kier molecular flexibility index (Phi) is 12.8. The summed E-state index contributed by atoms with van der Waals surface area (Å²) in [6, 6.07) is 99.5. The van der Waals surface area contributed by atoms with Crippen molar-refractivity contribution in [3.05, 3.63) is 311 Å². The Labute approximate surface area is 496 Å². The number of nitrogens with zero attached hydrogens (tertiary/aromatic N) is 2. The molecule has 0 spiro atoms. The predicted octanol–water partition coefficient (Wildman–Crippen LogP) is 22.8. The molecule has 14 rings (SSSR count). The van der Waals surface area contributed by atoms with E-state index in [-0.39, 0.29) is 10.8 Å². The summed E-state index contributed by atoms with van der Waals surface area (Å²) in [5.74, 6) is 0. The van der Waals surface area contributed by atoms with E-state index in [4.69, 9.17) is 0 Å². The number of anilines is 6. The third-order valence-electron chi connectivity index (χ3n) is 18.3. The zero-order valence-corrected chi connectivity index (χ0v) is 49.3. The third kappa shape index (κ3) is 8.79. The lowest BCUT2D eigenvalue weighted by Crippen LogP contribution is -2.16. The highest BCUT2D eigenvalue weighted by molar-refractivity contribution is 5.96. The van der Waals surface area contributed by atoms with Crippen molar-refractivity contribution in [1.82, 2.24) is 0 Å². The molecule has 0 fully saturated rings. The second-order valence-electron chi connectivity index (χ2n) is 24.3. The Morgan fingerprint density at radius 1 is 0.226 bits per heavy atom. The van der Waals surface area contributed by atoms with Gasteiger partial charge in [0.1, 0.15) is 0 Å². The lowest BCUT2D eigenvalue weighted by Gasteiger charge is -2.32. The molecule has 12 aromatic carbocycles. The van der Waals surface area contributed by atoms with Gasteiger partial charge in [-0.05, 0) is 200 Å². The van der Waals surface area contributed by atoms with Gasteiger partial charge in [0, 0.05) is 44.7 Å². The van der Waals surface area contributed by atoms with E-state index in [0.717, 1.165) is 22.7 Å². The summed E-state index contributed by atoms with van der Waals surface area (Å²) in [6.45, 7) is 18.6. The SMILES string of the molecule is Cc1cc(-c2ccc(N(c3cccc(-c4ccccc4)c3)c3c(C)cccc3-c3ccc4c(c3)C(C)(C)c3ccccc3-4)c(C)c2)ccc1N(c1cccc(-c2ccccc2)c1)c1c(C)cccc1-c1ccc2c(c1)C(C)(C)c1ccccc1-2. The Balaban J connectivity index is 0.888. The molecule has 2 nitrogen and oxygen atoms in total. The van der Waals surface area contributed by atoms with Crippen LogP contribution in [0.5, 0.6) is 0 Å². The van der Waals surface area contributed by atoms with Crippen LogP contribution in [0.1, 0.15) is 72.2 Å². The van der Waals surface area contributed by atoms with Gasteiger partial charge in [-0.2, -0.15) is 0 Å². The van der Waals surface area contributed by atoms with Gasteiger partial charge in [0.15, 0.2) is 0 Å². The second-order valence-corrected chi connectivity index (χ2v) is 24.3. The molecule has 2 aliphatic carbocycles. The van der Waals surface area contributed by atoms with Gasteiger partial charge in [0.05, 0.1) is 11.4 Å². The van der Waals surface area contributed by atoms with Crippen LogP contribution in [0.15, 0.2) is 267 Å². The molecule has 0 radical (unpaired) electrons.